The van der Waals surface area contributed by atoms with Crippen LogP contribution in [0.15, 0.2) is 0 Å². The molecule has 0 saturated carbocycles. The summed E-state index contributed by atoms with van der Waals surface area (Å²) < 4.78 is 4.39. The lowest BCUT2D eigenvalue weighted by Gasteiger charge is -2.15. The molecule has 0 spiro atoms. The Morgan fingerprint density at radius 1 is 1.56 bits per heavy atom. The van der Waals surface area contributed by atoms with Crippen molar-refractivity contribution in [1.29, 1.82) is 0 Å². The van der Waals surface area contributed by atoms with E-state index in [9.17, 15) is 9.90 Å². The number of ether oxygens (including phenoxy) is 1. The van der Waals surface area contributed by atoms with Crippen molar-refractivity contribution in [2.24, 2.45) is 0 Å². The molecule has 90 valence electrons. The Morgan fingerprint density at radius 2 is 2.19 bits per heavy atom. The van der Waals surface area contributed by atoms with Gasteiger partial charge in [-0.25, -0.2) is 4.79 Å². The third kappa shape index (κ3) is 2.99. The van der Waals surface area contributed by atoms with Crippen molar-refractivity contribution in [2.45, 2.75) is 38.8 Å². The summed E-state index contributed by atoms with van der Waals surface area (Å²) in [6.07, 6.45) is -1.24. The first-order chi connectivity index (χ1) is 7.34. The van der Waals surface area contributed by atoms with Crippen LogP contribution in [0.25, 0.3) is 0 Å². The standard InChI is InChI=1S/C9H16N4O3/c1-9(2,3)13-11-7(10-12-13)5-6(14)8(15)16-4/h6,14H,5H2,1-4H3. The zero-order valence-corrected chi connectivity index (χ0v) is 9.84. The predicted octanol–water partition coefficient (Wildman–Crippen LogP) is -0.496. The van der Waals surface area contributed by atoms with Crippen molar-refractivity contribution < 1.29 is 14.6 Å². The van der Waals surface area contributed by atoms with Crippen molar-refractivity contribution in [2.75, 3.05) is 7.11 Å². The number of carbonyl (C=O) groups excluding carboxylic acids is 1. The number of aliphatic hydroxyl groups excluding tert-OH is 1. The van der Waals surface area contributed by atoms with Crippen LogP contribution in [-0.4, -0.2) is 44.5 Å². The number of aromatic nitrogens is 4. The molecule has 0 bridgehead atoms. The second-order valence-corrected chi connectivity index (χ2v) is 4.41. The summed E-state index contributed by atoms with van der Waals surface area (Å²) in [5.41, 5.74) is -0.276. The number of nitrogens with zero attached hydrogens (tertiary/aromatic N) is 4. The van der Waals surface area contributed by atoms with E-state index in [0.29, 0.717) is 5.82 Å². The van der Waals surface area contributed by atoms with Gasteiger partial charge in [-0.05, 0) is 26.0 Å². The van der Waals surface area contributed by atoms with Gasteiger partial charge in [-0.15, -0.1) is 10.2 Å². The van der Waals surface area contributed by atoms with Gasteiger partial charge in [-0.1, -0.05) is 0 Å². The molecule has 0 fully saturated rings. The van der Waals surface area contributed by atoms with Gasteiger partial charge in [0.1, 0.15) is 0 Å². The van der Waals surface area contributed by atoms with Gasteiger partial charge in [0, 0.05) is 6.42 Å². The maximum absolute atomic E-state index is 11.0. The average molecular weight is 228 g/mol. The molecule has 0 saturated heterocycles. The molecular weight excluding hydrogens is 212 g/mol. The van der Waals surface area contributed by atoms with Gasteiger partial charge >= 0.3 is 5.97 Å². The number of rotatable bonds is 3. The van der Waals surface area contributed by atoms with E-state index in [-0.39, 0.29) is 12.0 Å². The molecule has 16 heavy (non-hydrogen) atoms. The number of carbonyl (C=O) groups is 1. The molecule has 1 N–H and O–H groups in total. The smallest absolute Gasteiger partial charge is 0.335 e. The predicted molar refractivity (Wildman–Crippen MR) is 54.5 cm³/mol. The number of tetrazole rings is 1. The summed E-state index contributed by atoms with van der Waals surface area (Å²) in [4.78, 5) is 12.4. The Labute approximate surface area is 93.4 Å². The van der Waals surface area contributed by atoms with Crippen molar-refractivity contribution >= 4 is 5.97 Å². The maximum Gasteiger partial charge on any atom is 0.335 e. The van der Waals surface area contributed by atoms with E-state index in [1.54, 1.807) is 0 Å². The Balaban J connectivity index is 2.69. The van der Waals surface area contributed by atoms with Crippen LogP contribution >= 0.6 is 0 Å². The molecule has 0 aliphatic rings. The van der Waals surface area contributed by atoms with Gasteiger partial charge in [0.2, 0.25) is 0 Å². The van der Waals surface area contributed by atoms with Crippen molar-refractivity contribution in [3.63, 3.8) is 0 Å². The van der Waals surface area contributed by atoms with E-state index in [4.69, 9.17) is 0 Å². The monoisotopic (exact) mass is 228 g/mol. The normalized spacial score (nSPS) is 13.6. The Kier molecular flexibility index (Phi) is 3.58. The third-order valence-corrected chi connectivity index (χ3v) is 1.90. The van der Waals surface area contributed by atoms with Crippen LogP contribution in [0.2, 0.25) is 0 Å². The van der Waals surface area contributed by atoms with Gasteiger partial charge in [0.05, 0.1) is 12.6 Å². The molecule has 0 aliphatic carbocycles. The van der Waals surface area contributed by atoms with Crippen LogP contribution in [0.1, 0.15) is 26.6 Å². The number of hydrogen-bond acceptors (Lipinski definition) is 6. The minimum atomic E-state index is -1.25. The Morgan fingerprint density at radius 3 is 2.62 bits per heavy atom. The van der Waals surface area contributed by atoms with Gasteiger partial charge < -0.3 is 9.84 Å². The van der Waals surface area contributed by atoms with E-state index < -0.39 is 12.1 Å². The highest BCUT2D eigenvalue weighted by molar-refractivity contribution is 5.74. The second kappa shape index (κ2) is 4.56. The van der Waals surface area contributed by atoms with Crippen molar-refractivity contribution in [3.05, 3.63) is 5.82 Å². The van der Waals surface area contributed by atoms with E-state index in [0.717, 1.165) is 0 Å². The van der Waals surface area contributed by atoms with Gasteiger partial charge in [-0.2, -0.15) is 4.80 Å². The molecule has 7 nitrogen and oxygen atoms in total. The van der Waals surface area contributed by atoms with E-state index >= 15 is 0 Å². The molecular formula is C9H16N4O3. The molecule has 0 radical (unpaired) electrons. The SMILES string of the molecule is COC(=O)C(O)Cc1nnn(C(C)(C)C)n1. The maximum atomic E-state index is 11.0. The molecule has 0 aromatic carbocycles. The molecule has 1 unspecified atom stereocenters. The van der Waals surface area contributed by atoms with Crippen molar-refractivity contribution in [1.82, 2.24) is 20.2 Å². The highest BCUT2D eigenvalue weighted by Crippen LogP contribution is 2.09. The lowest BCUT2D eigenvalue weighted by atomic mass is 10.1. The fraction of sp³-hybridized carbons (Fsp3) is 0.778. The van der Waals surface area contributed by atoms with Gasteiger partial charge in [-0.3, -0.25) is 0 Å². The molecule has 1 rings (SSSR count). The molecule has 1 atom stereocenters. The number of esters is 1. The summed E-state index contributed by atoms with van der Waals surface area (Å²) in [5.74, 6) is -0.389. The summed E-state index contributed by atoms with van der Waals surface area (Å²) in [6.45, 7) is 5.78. The van der Waals surface area contributed by atoms with Gasteiger partial charge in [0.25, 0.3) is 0 Å². The van der Waals surface area contributed by atoms with Crippen LogP contribution in [0.3, 0.4) is 0 Å². The van der Waals surface area contributed by atoms with E-state index in [1.807, 2.05) is 20.8 Å². The third-order valence-electron chi connectivity index (χ3n) is 1.90. The fourth-order valence-electron chi connectivity index (χ4n) is 1.00. The lowest BCUT2D eigenvalue weighted by Crippen LogP contribution is -2.26. The minimum Gasteiger partial charge on any atom is -0.467 e. The number of hydrogen-bond donors (Lipinski definition) is 1. The molecule has 0 aliphatic heterocycles. The van der Waals surface area contributed by atoms with Crippen LogP contribution in [0.5, 0.6) is 0 Å². The van der Waals surface area contributed by atoms with Crippen LogP contribution in [0.4, 0.5) is 0 Å². The van der Waals surface area contributed by atoms with Gasteiger partial charge in [0.15, 0.2) is 11.9 Å². The Hall–Kier alpha value is -1.50. The van der Waals surface area contributed by atoms with E-state index in [2.05, 4.69) is 20.1 Å². The molecule has 7 heteroatoms. The summed E-state index contributed by atoms with van der Waals surface area (Å²) in [6, 6.07) is 0. The number of methoxy groups -OCH3 is 1. The van der Waals surface area contributed by atoms with E-state index in [1.165, 1.54) is 11.9 Å². The quantitative estimate of drug-likeness (QED) is 0.702. The first-order valence-corrected chi connectivity index (χ1v) is 4.90. The topological polar surface area (TPSA) is 90.1 Å². The van der Waals surface area contributed by atoms with Crippen LogP contribution in [0, 0.1) is 0 Å². The number of aliphatic hydroxyl groups is 1. The van der Waals surface area contributed by atoms with Crippen LogP contribution < -0.4 is 0 Å². The molecule has 1 aromatic heterocycles. The highest BCUT2D eigenvalue weighted by atomic mass is 16.5. The highest BCUT2D eigenvalue weighted by Gasteiger charge is 2.21. The van der Waals surface area contributed by atoms with Crippen LogP contribution in [-0.2, 0) is 21.5 Å². The molecule has 1 heterocycles. The Bertz CT molecular complexity index is 369. The summed E-state index contributed by atoms with van der Waals surface area (Å²) in [5, 5.41) is 21.0. The zero-order chi connectivity index (χ0) is 12.3. The summed E-state index contributed by atoms with van der Waals surface area (Å²) >= 11 is 0. The zero-order valence-electron chi connectivity index (χ0n) is 9.84. The largest absolute Gasteiger partial charge is 0.467 e. The fourth-order valence-corrected chi connectivity index (χ4v) is 1.00. The summed E-state index contributed by atoms with van der Waals surface area (Å²) in [7, 11) is 1.21. The first kappa shape index (κ1) is 12.6. The minimum absolute atomic E-state index is 0.00273. The lowest BCUT2D eigenvalue weighted by molar-refractivity contribution is -0.150. The molecule has 1 aromatic rings. The first-order valence-electron chi connectivity index (χ1n) is 4.90. The molecule has 0 amide bonds. The second-order valence-electron chi connectivity index (χ2n) is 4.41. The average Bonchev–Trinajstić information content (AvgIpc) is 2.64. The van der Waals surface area contributed by atoms with Crippen molar-refractivity contribution in [3.8, 4) is 0 Å².